The highest BCUT2D eigenvalue weighted by Gasteiger charge is 2.08. The molecule has 0 saturated heterocycles. The predicted octanol–water partition coefficient (Wildman–Crippen LogP) is 2.42. The lowest BCUT2D eigenvalue weighted by Crippen LogP contribution is -2.10. The third-order valence-electron chi connectivity index (χ3n) is 2.80. The van der Waals surface area contributed by atoms with Gasteiger partial charge in [0, 0.05) is 24.2 Å². The van der Waals surface area contributed by atoms with Crippen molar-refractivity contribution in [2.75, 3.05) is 12.8 Å². The van der Waals surface area contributed by atoms with E-state index in [1.54, 1.807) is 11.8 Å². The number of hydrogen-bond donors (Lipinski definition) is 1. The molecule has 0 aromatic carbocycles. The fourth-order valence-electron chi connectivity index (χ4n) is 1.77. The van der Waals surface area contributed by atoms with Gasteiger partial charge in [0.2, 0.25) is 0 Å². The van der Waals surface area contributed by atoms with Gasteiger partial charge in [0.15, 0.2) is 5.16 Å². The molecule has 118 valence electrons. The summed E-state index contributed by atoms with van der Waals surface area (Å²) in [5.41, 5.74) is 2.20. The predicted molar refractivity (Wildman–Crippen MR) is 91.7 cm³/mol. The molecule has 2 rings (SSSR count). The van der Waals surface area contributed by atoms with Crippen LogP contribution in [0.3, 0.4) is 0 Å². The zero-order valence-corrected chi connectivity index (χ0v) is 14.8. The van der Waals surface area contributed by atoms with Crippen LogP contribution in [0.2, 0.25) is 0 Å². The summed E-state index contributed by atoms with van der Waals surface area (Å²) in [6.45, 7) is 2.76. The molecule has 0 spiro atoms. The summed E-state index contributed by atoms with van der Waals surface area (Å²) in [6.07, 6.45) is 0.945. The first-order valence-electron chi connectivity index (χ1n) is 6.29. The van der Waals surface area contributed by atoms with Gasteiger partial charge < -0.3 is 9.88 Å². The lowest BCUT2D eigenvalue weighted by Gasteiger charge is -2.03. The monoisotopic (exact) mass is 349 g/mol. The molecule has 8 heteroatoms. The molecular weight excluding hydrogens is 329 g/mol. The minimum atomic E-state index is 0. The summed E-state index contributed by atoms with van der Waals surface area (Å²) in [6, 6.07) is 6.13. The Morgan fingerprint density at radius 3 is 2.67 bits per heavy atom. The van der Waals surface area contributed by atoms with Gasteiger partial charge in [0.1, 0.15) is 5.82 Å². The van der Waals surface area contributed by atoms with E-state index in [1.807, 2.05) is 31.7 Å². The Hall–Kier alpha value is -0.820. The quantitative estimate of drug-likeness (QED) is 0.811. The van der Waals surface area contributed by atoms with E-state index in [2.05, 4.69) is 32.6 Å². The lowest BCUT2D eigenvalue weighted by atomic mass is 10.3. The van der Waals surface area contributed by atoms with Crippen molar-refractivity contribution in [2.24, 2.45) is 7.05 Å². The number of nitrogens with one attached hydrogen (secondary N) is 1. The van der Waals surface area contributed by atoms with Crippen LogP contribution in [0, 0.1) is 6.92 Å². The highest BCUT2D eigenvalue weighted by molar-refractivity contribution is 7.99. The molecule has 0 atom stereocenters. The molecule has 0 saturated carbocycles. The SMILES string of the molecule is CNCc1nnc(SCCc2cccc(C)n2)n1C.Cl.Cl. The van der Waals surface area contributed by atoms with E-state index in [-0.39, 0.29) is 24.8 Å². The zero-order chi connectivity index (χ0) is 13.7. The van der Waals surface area contributed by atoms with Gasteiger partial charge in [-0.3, -0.25) is 4.98 Å². The third-order valence-corrected chi connectivity index (χ3v) is 3.82. The largest absolute Gasteiger partial charge is 0.313 e. The fourth-order valence-corrected chi connectivity index (χ4v) is 2.66. The van der Waals surface area contributed by atoms with Crippen molar-refractivity contribution in [3.8, 4) is 0 Å². The first-order chi connectivity index (χ1) is 9.20. The van der Waals surface area contributed by atoms with Gasteiger partial charge in [-0.15, -0.1) is 35.0 Å². The van der Waals surface area contributed by atoms with Crippen LogP contribution >= 0.6 is 36.6 Å². The highest BCUT2D eigenvalue weighted by Crippen LogP contribution is 2.16. The molecule has 0 unspecified atom stereocenters. The van der Waals surface area contributed by atoms with E-state index in [0.717, 1.165) is 41.1 Å². The van der Waals surface area contributed by atoms with Gasteiger partial charge in [-0.25, -0.2) is 0 Å². The Balaban J connectivity index is 0.00000200. The number of hydrogen-bond acceptors (Lipinski definition) is 5. The van der Waals surface area contributed by atoms with E-state index in [9.17, 15) is 0 Å². The van der Waals surface area contributed by atoms with Crippen molar-refractivity contribution in [2.45, 2.75) is 25.0 Å². The summed E-state index contributed by atoms with van der Waals surface area (Å²) < 4.78 is 2.03. The second-order valence-electron chi connectivity index (χ2n) is 4.36. The molecule has 0 aliphatic heterocycles. The van der Waals surface area contributed by atoms with Gasteiger partial charge in [-0.2, -0.15) is 0 Å². The van der Waals surface area contributed by atoms with Crippen molar-refractivity contribution in [1.29, 1.82) is 0 Å². The minimum absolute atomic E-state index is 0. The molecule has 0 amide bonds. The molecule has 0 fully saturated rings. The maximum absolute atomic E-state index is 4.50. The maximum atomic E-state index is 4.50. The van der Waals surface area contributed by atoms with Crippen molar-refractivity contribution < 1.29 is 0 Å². The Morgan fingerprint density at radius 2 is 2.00 bits per heavy atom. The van der Waals surface area contributed by atoms with Gasteiger partial charge in [0.25, 0.3) is 0 Å². The Kier molecular flexibility index (Phi) is 9.61. The summed E-state index contributed by atoms with van der Waals surface area (Å²) in [5.74, 6) is 1.92. The van der Waals surface area contributed by atoms with Crippen LogP contribution in [-0.2, 0) is 20.0 Å². The average Bonchev–Trinajstić information content (AvgIpc) is 2.72. The van der Waals surface area contributed by atoms with Crippen molar-refractivity contribution in [3.63, 3.8) is 0 Å². The van der Waals surface area contributed by atoms with Crippen LogP contribution in [0.25, 0.3) is 0 Å². The van der Waals surface area contributed by atoms with Crippen LogP contribution < -0.4 is 5.32 Å². The molecule has 2 aromatic heterocycles. The number of aryl methyl sites for hydroxylation is 2. The molecule has 0 aliphatic carbocycles. The van der Waals surface area contributed by atoms with Crippen molar-refractivity contribution in [3.05, 3.63) is 35.4 Å². The highest BCUT2D eigenvalue weighted by atomic mass is 35.5. The summed E-state index contributed by atoms with van der Waals surface area (Å²) in [7, 11) is 3.91. The summed E-state index contributed by atoms with van der Waals surface area (Å²) in [4.78, 5) is 4.50. The summed E-state index contributed by atoms with van der Waals surface area (Å²) >= 11 is 1.72. The minimum Gasteiger partial charge on any atom is -0.313 e. The third kappa shape index (κ3) is 5.82. The number of rotatable bonds is 6. The Bertz CT molecular complexity index is 547. The molecule has 21 heavy (non-hydrogen) atoms. The second kappa shape index (κ2) is 10.00. The average molecular weight is 350 g/mol. The van der Waals surface area contributed by atoms with E-state index in [0.29, 0.717) is 0 Å². The second-order valence-corrected chi connectivity index (χ2v) is 5.42. The van der Waals surface area contributed by atoms with Crippen molar-refractivity contribution in [1.82, 2.24) is 25.1 Å². The van der Waals surface area contributed by atoms with E-state index in [1.165, 1.54) is 0 Å². The summed E-state index contributed by atoms with van der Waals surface area (Å²) in [5, 5.41) is 12.4. The Morgan fingerprint density at radius 1 is 1.24 bits per heavy atom. The van der Waals surface area contributed by atoms with Crippen LogP contribution in [0.5, 0.6) is 0 Å². The van der Waals surface area contributed by atoms with Crippen LogP contribution in [0.15, 0.2) is 23.4 Å². The van der Waals surface area contributed by atoms with Crippen LogP contribution in [-0.4, -0.2) is 32.5 Å². The van der Waals surface area contributed by atoms with Gasteiger partial charge in [-0.05, 0) is 32.5 Å². The normalized spacial score (nSPS) is 9.86. The number of aromatic nitrogens is 4. The first-order valence-corrected chi connectivity index (χ1v) is 7.27. The fraction of sp³-hybridized carbons (Fsp3) is 0.462. The van der Waals surface area contributed by atoms with E-state index >= 15 is 0 Å². The van der Waals surface area contributed by atoms with Crippen LogP contribution in [0.1, 0.15) is 17.2 Å². The van der Waals surface area contributed by atoms with Gasteiger partial charge in [-0.1, -0.05) is 17.8 Å². The molecule has 1 N–H and O–H groups in total. The molecule has 2 aromatic rings. The molecule has 0 bridgehead atoms. The van der Waals surface area contributed by atoms with E-state index in [4.69, 9.17) is 0 Å². The lowest BCUT2D eigenvalue weighted by molar-refractivity contribution is 0.682. The molecule has 0 radical (unpaired) electrons. The molecule has 2 heterocycles. The zero-order valence-electron chi connectivity index (χ0n) is 12.4. The van der Waals surface area contributed by atoms with Crippen LogP contribution in [0.4, 0.5) is 0 Å². The van der Waals surface area contributed by atoms with Gasteiger partial charge >= 0.3 is 0 Å². The van der Waals surface area contributed by atoms with Crippen molar-refractivity contribution >= 4 is 36.6 Å². The number of nitrogens with zero attached hydrogens (tertiary/aromatic N) is 4. The molecule has 0 aliphatic rings. The first kappa shape index (κ1) is 20.2. The standard InChI is InChI=1S/C13H19N5S.2ClH/c1-10-5-4-6-11(15-10)7-8-19-13-17-16-12(9-14-2)18(13)3;;/h4-6,14H,7-9H2,1-3H3;2*1H. The number of thioether (sulfide) groups is 1. The molecule has 5 nitrogen and oxygen atoms in total. The Labute approximate surface area is 142 Å². The number of pyridine rings is 1. The topological polar surface area (TPSA) is 55.6 Å². The van der Waals surface area contributed by atoms with Gasteiger partial charge in [0.05, 0.1) is 6.54 Å². The molecular formula is C13H21Cl2N5S. The maximum Gasteiger partial charge on any atom is 0.190 e. The van der Waals surface area contributed by atoms with E-state index < -0.39 is 0 Å². The smallest absolute Gasteiger partial charge is 0.190 e. The number of halogens is 2.